The number of nitrogens with one attached hydrogen (secondary N) is 1. The topological polar surface area (TPSA) is 58.0 Å². The molecule has 0 spiro atoms. The zero-order valence-electron chi connectivity index (χ0n) is 10.1. The highest BCUT2D eigenvalue weighted by atomic mass is 35.5. The highest BCUT2D eigenvalue weighted by Gasteiger charge is 2.42. The predicted molar refractivity (Wildman–Crippen MR) is 75.3 cm³/mol. The van der Waals surface area contributed by atoms with Crippen molar-refractivity contribution in [2.45, 2.75) is 30.9 Å². The molecule has 0 amide bonds. The summed E-state index contributed by atoms with van der Waals surface area (Å²) in [6.07, 6.45) is 4.38. The number of halogens is 1. The van der Waals surface area contributed by atoms with Crippen LogP contribution < -0.4 is 5.32 Å². The van der Waals surface area contributed by atoms with Crippen molar-refractivity contribution in [3.63, 3.8) is 0 Å². The first-order valence-electron chi connectivity index (χ1n) is 5.84. The van der Waals surface area contributed by atoms with Gasteiger partial charge in [-0.2, -0.15) is 0 Å². The summed E-state index contributed by atoms with van der Waals surface area (Å²) in [5, 5.41) is 16.7. The summed E-state index contributed by atoms with van der Waals surface area (Å²) in [4.78, 5) is 9.65. The smallest absolute Gasteiger partial charge is 0.126 e. The minimum Gasteiger partial charge on any atom is -0.375 e. The summed E-state index contributed by atoms with van der Waals surface area (Å²) in [5.41, 5.74) is 0.161. The molecular weight excluding hydrogens is 270 g/mol. The Labute approximate surface area is 116 Å². The summed E-state index contributed by atoms with van der Waals surface area (Å²) in [7, 11) is 1.81. The molecule has 1 saturated carbocycles. The molecule has 98 valence electrons. The molecule has 2 aromatic rings. The van der Waals surface area contributed by atoms with Crippen LogP contribution in [0.3, 0.4) is 0 Å². The highest BCUT2D eigenvalue weighted by Crippen LogP contribution is 2.42. The zero-order chi connectivity index (χ0) is 11.9. The Kier molecular flexibility index (Phi) is 3.87. The number of rotatable bonds is 2. The summed E-state index contributed by atoms with van der Waals surface area (Å²) in [6, 6.07) is 2.05. The van der Waals surface area contributed by atoms with E-state index in [4.69, 9.17) is 0 Å². The number of thiophene rings is 1. The lowest BCUT2D eigenvalue weighted by Gasteiger charge is -2.29. The molecule has 1 aliphatic carbocycles. The van der Waals surface area contributed by atoms with Gasteiger partial charge in [-0.15, -0.1) is 23.7 Å². The fraction of sp³-hybridized carbons (Fsp3) is 0.500. The van der Waals surface area contributed by atoms with E-state index in [1.54, 1.807) is 17.7 Å². The van der Waals surface area contributed by atoms with E-state index in [1.165, 1.54) is 0 Å². The molecule has 2 aromatic heterocycles. The van der Waals surface area contributed by atoms with Gasteiger partial charge in [-0.25, -0.2) is 9.97 Å². The maximum Gasteiger partial charge on any atom is 0.126 e. The minimum absolute atomic E-state index is 0. The molecule has 0 radical (unpaired) electrons. The molecule has 0 saturated heterocycles. The molecule has 1 aliphatic rings. The molecule has 2 N–H and O–H groups in total. The number of hydrogen-bond donors (Lipinski definition) is 2. The highest BCUT2D eigenvalue weighted by molar-refractivity contribution is 7.16. The van der Waals surface area contributed by atoms with E-state index in [0.717, 1.165) is 35.2 Å². The van der Waals surface area contributed by atoms with Gasteiger partial charge in [0.2, 0.25) is 0 Å². The summed E-state index contributed by atoms with van der Waals surface area (Å²) < 4.78 is 0. The van der Waals surface area contributed by atoms with Crippen LogP contribution in [-0.2, 0) is 0 Å². The van der Waals surface area contributed by atoms with Crippen LogP contribution in [0.1, 0.15) is 30.9 Å². The number of likely N-dealkylation sites (N-methyl/N-ethyl adjacent to an activating group) is 1. The van der Waals surface area contributed by atoms with Gasteiger partial charge < -0.3 is 5.11 Å². The van der Waals surface area contributed by atoms with Crippen molar-refractivity contribution < 1.29 is 5.11 Å². The molecule has 2 unspecified atom stereocenters. The molecule has 0 aromatic carbocycles. The van der Waals surface area contributed by atoms with Gasteiger partial charge in [-0.3, -0.25) is 5.32 Å². The van der Waals surface area contributed by atoms with Crippen LogP contribution in [0.4, 0.5) is 0 Å². The molecule has 0 bridgehead atoms. The molecule has 0 aliphatic heterocycles. The van der Waals surface area contributed by atoms with E-state index >= 15 is 0 Å². The van der Waals surface area contributed by atoms with Crippen LogP contribution in [-0.4, -0.2) is 27.8 Å². The second-order valence-corrected chi connectivity index (χ2v) is 5.41. The standard InChI is InChI=1S/C12H15N3OS.ClH/c1-13-12(16)5-2-3-9(12)10-8-4-6-17-11(8)15-7-14-10;/h4,6-7,9,13,16H,2-3,5H2,1H3;1H. The Morgan fingerprint density at radius 1 is 1.50 bits per heavy atom. The third-order valence-electron chi connectivity index (χ3n) is 3.68. The number of nitrogens with zero attached hydrogens (tertiary/aromatic N) is 2. The Bertz CT molecular complexity index is 547. The normalized spacial score (nSPS) is 27.3. The van der Waals surface area contributed by atoms with Gasteiger partial charge in [0, 0.05) is 11.3 Å². The molecule has 4 nitrogen and oxygen atoms in total. The van der Waals surface area contributed by atoms with E-state index in [1.807, 2.05) is 18.5 Å². The van der Waals surface area contributed by atoms with Crippen LogP contribution in [0.15, 0.2) is 17.8 Å². The second-order valence-electron chi connectivity index (χ2n) is 4.52. The van der Waals surface area contributed by atoms with Crippen LogP contribution >= 0.6 is 23.7 Å². The predicted octanol–water partition coefficient (Wildman–Crippen LogP) is 2.29. The average molecular weight is 286 g/mol. The summed E-state index contributed by atoms with van der Waals surface area (Å²) in [6.45, 7) is 0. The molecule has 2 heterocycles. The molecule has 2 atom stereocenters. The monoisotopic (exact) mass is 285 g/mol. The Hall–Kier alpha value is -0.750. The average Bonchev–Trinajstić information content (AvgIpc) is 2.95. The maximum atomic E-state index is 10.5. The van der Waals surface area contributed by atoms with Crippen LogP contribution in [0.25, 0.3) is 10.2 Å². The minimum atomic E-state index is -0.816. The van der Waals surface area contributed by atoms with E-state index in [2.05, 4.69) is 15.3 Å². The molecule has 18 heavy (non-hydrogen) atoms. The molecule has 6 heteroatoms. The largest absolute Gasteiger partial charge is 0.375 e. The number of aromatic nitrogens is 2. The molecular formula is C12H16ClN3OS. The van der Waals surface area contributed by atoms with Crippen LogP contribution in [0.5, 0.6) is 0 Å². The van der Waals surface area contributed by atoms with Crippen molar-refractivity contribution in [1.82, 2.24) is 15.3 Å². The van der Waals surface area contributed by atoms with Crippen molar-refractivity contribution in [3.05, 3.63) is 23.5 Å². The molecule has 1 fully saturated rings. The lowest BCUT2D eigenvalue weighted by atomic mass is 9.94. The quantitative estimate of drug-likeness (QED) is 0.831. The van der Waals surface area contributed by atoms with E-state index in [0.29, 0.717) is 0 Å². The first-order chi connectivity index (χ1) is 8.24. The number of aliphatic hydroxyl groups is 1. The first-order valence-corrected chi connectivity index (χ1v) is 6.72. The SMILES string of the molecule is CNC1(O)CCCC1c1ncnc2sccc12.Cl. The Morgan fingerprint density at radius 2 is 2.33 bits per heavy atom. The Balaban J connectivity index is 0.00000120. The van der Waals surface area contributed by atoms with Gasteiger partial charge in [0.1, 0.15) is 16.9 Å². The fourth-order valence-electron chi connectivity index (χ4n) is 2.74. The summed E-state index contributed by atoms with van der Waals surface area (Å²) in [5.74, 6) is 0.0626. The summed E-state index contributed by atoms with van der Waals surface area (Å²) >= 11 is 1.61. The van der Waals surface area contributed by atoms with Gasteiger partial charge in [0.05, 0.1) is 5.69 Å². The van der Waals surface area contributed by atoms with Gasteiger partial charge in [-0.1, -0.05) is 0 Å². The van der Waals surface area contributed by atoms with Crippen molar-refractivity contribution in [1.29, 1.82) is 0 Å². The first kappa shape index (κ1) is 13.7. The van der Waals surface area contributed by atoms with E-state index in [9.17, 15) is 5.11 Å². The van der Waals surface area contributed by atoms with Crippen molar-refractivity contribution in [2.75, 3.05) is 7.05 Å². The third-order valence-corrected chi connectivity index (χ3v) is 4.50. The van der Waals surface area contributed by atoms with Crippen molar-refractivity contribution >= 4 is 34.0 Å². The number of fused-ring (bicyclic) bond motifs is 1. The van der Waals surface area contributed by atoms with Gasteiger partial charge in [-0.05, 0) is 37.8 Å². The number of hydrogen-bond acceptors (Lipinski definition) is 5. The zero-order valence-corrected chi connectivity index (χ0v) is 11.7. The van der Waals surface area contributed by atoms with Crippen LogP contribution in [0.2, 0.25) is 0 Å². The van der Waals surface area contributed by atoms with Gasteiger partial charge in [0.15, 0.2) is 0 Å². The van der Waals surface area contributed by atoms with Crippen molar-refractivity contribution in [2.24, 2.45) is 0 Å². The third kappa shape index (κ3) is 2.01. The van der Waals surface area contributed by atoms with E-state index in [-0.39, 0.29) is 18.3 Å². The van der Waals surface area contributed by atoms with Crippen molar-refractivity contribution in [3.8, 4) is 0 Å². The lowest BCUT2D eigenvalue weighted by molar-refractivity contribution is 0.00226. The van der Waals surface area contributed by atoms with Gasteiger partial charge in [0.25, 0.3) is 0 Å². The maximum absolute atomic E-state index is 10.5. The second kappa shape index (κ2) is 5.09. The van der Waals surface area contributed by atoms with E-state index < -0.39 is 5.72 Å². The Morgan fingerprint density at radius 3 is 3.11 bits per heavy atom. The van der Waals surface area contributed by atoms with Crippen LogP contribution in [0, 0.1) is 0 Å². The lowest BCUT2D eigenvalue weighted by Crippen LogP contribution is -2.45. The van der Waals surface area contributed by atoms with Gasteiger partial charge >= 0.3 is 0 Å². The fourth-order valence-corrected chi connectivity index (χ4v) is 3.48. The molecule has 3 rings (SSSR count).